The third kappa shape index (κ3) is 7.30. The molecule has 0 saturated heterocycles. The second-order valence-electron chi connectivity index (χ2n) is 17.8. The first-order chi connectivity index (χ1) is 16.1. The molecule has 0 aromatic heterocycles. The molecule has 208 valence electrons. The van der Waals surface area contributed by atoms with E-state index in [1.807, 2.05) is 0 Å². The fourth-order valence-corrected chi connectivity index (χ4v) is 5.44. The van der Waals surface area contributed by atoms with Gasteiger partial charge in [0.1, 0.15) is 0 Å². The first-order valence-corrected chi connectivity index (χ1v) is 14.5. The average Bonchev–Trinajstić information content (AvgIpc) is 2.62. The van der Waals surface area contributed by atoms with Crippen molar-refractivity contribution in [2.45, 2.75) is 164 Å². The molecule has 0 N–H and O–H groups in total. The van der Waals surface area contributed by atoms with E-state index in [1.54, 1.807) is 0 Å². The summed E-state index contributed by atoms with van der Waals surface area (Å²) in [6, 6.07) is 10.1. The van der Waals surface area contributed by atoms with E-state index in [1.165, 1.54) is 44.5 Å². The van der Waals surface area contributed by atoms with E-state index in [2.05, 4.69) is 149 Å². The molecule has 0 aliphatic heterocycles. The van der Waals surface area contributed by atoms with E-state index in [9.17, 15) is 0 Å². The van der Waals surface area contributed by atoms with Crippen LogP contribution < -0.4 is 0 Å². The molecule has 0 aliphatic rings. The van der Waals surface area contributed by atoms with Crippen LogP contribution in [-0.4, -0.2) is 0 Å². The molecule has 37 heavy (non-hydrogen) atoms. The largest absolute Gasteiger partial charge is 0.0561 e. The van der Waals surface area contributed by atoms with E-state index < -0.39 is 0 Å². The lowest BCUT2D eigenvalue weighted by Gasteiger charge is -2.37. The second kappa shape index (κ2) is 9.57. The molecule has 0 spiro atoms. The van der Waals surface area contributed by atoms with Crippen molar-refractivity contribution in [1.29, 1.82) is 0 Å². The monoisotopic (exact) mass is 504 g/mol. The highest BCUT2D eigenvalue weighted by Gasteiger charge is 2.33. The Bertz CT molecular complexity index is 950. The van der Waals surface area contributed by atoms with Gasteiger partial charge < -0.3 is 0 Å². The number of hydrogen-bond donors (Lipinski definition) is 0. The van der Waals surface area contributed by atoms with Gasteiger partial charge in [-0.25, -0.2) is 0 Å². The fourth-order valence-electron chi connectivity index (χ4n) is 5.44. The molecule has 0 radical (unpaired) electrons. The van der Waals surface area contributed by atoms with Crippen LogP contribution >= 0.6 is 0 Å². The Hall–Kier alpha value is -1.56. The van der Waals surface area contributed by atoms with Crippen molar-refractivity contribution in [2.24, 2.45) is 0 Å². The second-order valence-corrected chi connectivity index (χ2v) is 17.8. The highest BCUT2D eigenvalue weighted by atomic mass is 14.4. The first-order valence-electron chi connectivity index (χ1n) is 14.5. The molecule has 0 fully saturated rings. The van der Waals surface area contributed by atoms with Crippen molar-refractivity contribution in [3.63, 3.8) is 0 Å². The zero-order valence-corrected chi connectivity index (χ0v) is 28.0. The molecule has 0 aliphatic carbocycles. The van der Waals surface area contributed by atoms with Gasteiger partial charge in [0.25, 0.3) is 0 Å². The van der Waals surface area contributed by atoms with E-state index in [4.69, 9.17) is 0 Å². The first kappa shape index (κ1) is 31.7. The molecule has 0 bridgehead atoms. The van der Waals surface area contributed by atoms with Gasteiger partial charge >= 0.3 is 0 Å². The van der Waals surface area contributed by atoms with Gasteiger partial charge in [-0.15, -0.1) is 0 Å². The van der Waals surface area contributed by atoms with Crippen molar-refractivity contribution in [3.05, 3.63) is 68.8 Å². The molecule has 0 nitrogen and oxygen atoms in total. The summed E-state index contributed by atoms with van der Waals surface area (Å²) in [6.07, 6.45) is 0.979. The van der Waals surface area contributed by atoms with Gasteiger partial charge in [0, 0.05) is 0 Å². The molecule has 2 aromatic rings. The molecule has 0 unspecified atom stereocenters. The lowest BCUT2D eigenvalue weighted by Crippen LogP contribution is -2.27. The maximum atomic E-state index is 2.53. The average molecular weight is 505 g/mol. The molecule has 2 rings (SSSR count). The predicted octanol–water partition coefficient (Wildman–Crippen LogP) is 11.1. The number of rotatable bonds is 2. The number of hydrogen-bond acceptors (Lipinski definition) is 0. The summed E-state index contributed by atoms with van der Waals surface area (Å²) < 4.78 is 0. The van der Waals surface area contributed by atoms with Crippen LogP contribution in [0.3, 0.4) is 0 Å². The zero-order valence-electron chi connectivity index (χ0n) is 28.0. The van der Waals surface area contributed by atoms with Gasteiger partial charge in [-0.3, -0.25) is 0 Å². The van der Waals surface area contributed by atoms with Crippen LogP contribution in [0.2, 0.25) is 0 Å². The van der Waals surface area contributed by atoms with Gasteiger partial charge in [0.15, 0.2) is 0 Å². The van der Waals surface area contributed by atoms with Crippen LogP contribution in [0, 0.1) is 0 Å². The predicted molar refractivity (Wildman–Crippen MR) is 168 cm³/mol. The SMILES string of the molecule is CC(C)(C)c1cc(C(C)(C)C)c(Cc2c(C(C)(C)C)cc(C(C)(C)C)cc2C(C)(C)C)c(C(C)(C)C)c1. The van der Waals surface area contributed by atoms with Gasteiger partial charge in [0.2, 0.25) is 0 Å². The third-order valence-electron chi connectivity index (χ3n) is 7.82. The van der Waals surface area contributed by atoms with Crippen molar-refractivity contribution >= 4 is 0 Å². The molecule has 2 aromatic carbocycles. The van der Waals surface area contributed by atoms with Crippen molar-refractivity contribution < 1.29 is 0 Å². The molecular weight excluding hydrogens is 444 g/mol. The van der Waals surface area contributed by atoms with Crippen LogP contribution in [0.5, 0.6) is 0 Å². The quantitative estimate of drug-likeness (QED) is 0.381. The summed E-state index contributed by atoms with van der Waals surface area (Å²) >= 11 is 0. The summed E-state index contributed by atoms with van der Waals surface area (Å²) in [5.41, 5.74) is 12.4. The summed E-state index contributed by atoms with van der Waals surface area (Å²) in [4.78, 5) is 0. The molecule has 0 heterocycles. The van der Waals surface area contributed by atoms with Crippen LogP contribution in [0.15, 0.2) is 24.3 Å². The van der Waals surface area contributed by atoms with Crippen LogP contribution in [0.1, 0.15) is 169 Å². The van der Waals surface area contributed by atoms with Crippen molar-refractivity contribution in [2.75, 3.05) is 0 Å². The van der Waals surface area contributed by atoms with E-state index >= 15 is 0 Å². The molecule has 0 amide bonds. The standard InChI is InChI=1S/C37H60/c1-32(2,3)24-19-28(34(7,8)9)26(29(20-24)35(10,11)12)23-27-30(36(13,14)15)21-25(33(4,5)6)22-31(27)37(16,17)18/h19-22H,23H2,1-18H3. The smallest absolute Gasteiger partial charge is 0.00140 e. The fraction of sp³-hybridized carbons (Fsp3) is 0.676. The Kier molecular flexibility index (Phi) is 8.19. The summed E-state index contributed by atoms with van der Waals surface area (Å²) in [6.45, 7) is 42.8. The Balaban J connectivity index is 3.12. The van der Waals surface area contributed by atoms with Gasteiger partial charge in [-0.2, -0.15) is 0 Å². The highest BCUT2D eigenvalue weighted by Crippen LogP contribution is 2.43. The minimum Gasteiger partial charge on any atom is -0.0561 e. The Labute approximate surface area is 232 Å². The Morgan fingerprint density at radius 3 is 0.649 bits per heavy atom. The molecule has 0 saturated carbocycles. The van der Waals surface area contributed by atoms with Crippen LogP contribution in [-0.2, 0) is 38.9 Å². The minimum atomic E-state index is 0.0612. The topological polar surface area (TPSA) is 0 Å². The van der Waals surface area contributed by atoms with Crippen molar-refractivity contribution in [3.8, 4) is 0 Å². The Morgan fingerprint density at radius 2 is 0.514 bits per heavy atom. The van der Waals surface area contributed by atoms with Crippen LogP contribution in [0.25, 0.3) is 0 Å². The molecular formula is C37H60. The third-order valence-corrected chi connectivity index (χ3v) is 7.82. The summed E-state index contributed by atoms with van der Waals surface area (Å²) in [7, 11) is 0. The maximum absolute atomic E-state index is 2.53. The summed E-state index contributed by atoms with van der Waals surface area (Å²) in [5, 5.41) is 0. The maximum Gasteiger partial charge on any atom is -0.00140 e. The van der Waals surface area contributed by atoms with E-state index in [0.29, 0.717) is 0 Å². The Morgan fingerprint density at radius 1 is 0.324 bits per heavy atom. The molecule has 0 atom stereocenters. The molecule has 0 heteroatoms. The lowest BCUT2D eigenvalue weighted by atomic mass is 9.68. The van der Waals surface area contributed by atoms with Gasteiger partial charge in [0.05, 0.1) is 0 Å². The van der Waals surface area contributed by atoms with Crippen molar-refractivity contribution in [1.82, 2.24) is 0 Å². The zero-order chi connectivity index (χ0) is 29.2. The lowest BCUT2D eigenvalue weighted by molar-refractivity contribution is 0.530. The van der Waals surface area contributed by atoms with Gasteiger partial charge in [-0.1, -0.05) is 149 Å². The van der Waals surface area contributed by atoms with E-state index in [-0.39, 0.29) is 32.5 Å². The van der Waals surface area contributed by atoms with E-state index in [0.717, 1.165) is 6.42 Å². The minimum absolute atomic E-state index is 0.0612. The highest BCUT2D eigenvalue weighted by molar-refractivity contribution is 5.54. The summed E-state index contributed by atoms with van der Waals surface area (Å²) in [5.74, 6) is 0. The van der Waals surface area contributed by atoms with Gasteiger partial charge in [-0.05, 0) is 83.4 Å². The normalized spacial score (nSPS) is 14.3. The number of benzene rings is 2. The van der Waals surface area contributed by atoms with Crippen LogP contribution in [0.4, 0.5) is 0 Å².